The minimum absolute atomic E-state index is 0.0144. The van der Waals surface area contributed by atoms with Crippen molar-refractivity contribution in [1.29, 1.82) is 0 Å². The molecule has 2 aliphatic rings. The Morgan fingerprint density at radius 2 is 1.91 bits per heavy atom. The zero-order valence-corrected chi connectivity index (χ0v) is 20.9. The molecule has 9 heteroatoms. The minimum Gasteiger partial charge on any atom is -0.465 e. The number of carboxylic acid groups (broad SMARTS) is 1. The van der Waals surface area contributed by atoms with E-state index >= 15 is 0 Å². The van der Waals surface area contributed by atoms with Crippen LogP contribution in [0, 0.1) is 11.8 Å². The molecule has 0 bridgehead atoms. The molecule has 0 saturated carbocycles. The number of likely N-dealkylation sites (N-methyl/N-ethyl adjacent to an activating group) is 1. The van der Waals surface area contributed by atoms with Crippen LogP contribution in [-0.2, 0) is 4.79 Å². The number of amides is 2. The number of halogens is 1. The van der Waals surface area contributed by atoms with Gasteiger partial charge in [0.25, 0.3) is 0 Å². The lowest BCUT2D eigenvalue weighted by Gasteiger charge is -2.41. The summed E-state index contributed by atoms with van der Waals surface area (Å²) in [6.45, 7) is 5.86. The molecular formula is C26H33ClN4O4. The second-order valence-corrected chi connectivity index (χ2v) is 9.91. The van der Waals surface area contributed by atoms with E-state index in [1.807, 2.05) is 37.3 Å². The van der Waals surface area contributed by atoms with Crippen molar-refractivity contribution in [3.63, 3.8) is 0 Å². The maximum atomic E-state index is 13.8. The number of anilines is 1. The molecule has 0 radical (unpaired) electrons. The third-order valence-corrected chi connectivity index (χ3v) is 7.71. The molecule has 3 unspecified atom stereocenters. The number of carbonyl (C=O) groups excluding carboxylic acids is 1. The standard InChI is InChI=1S/C26H33ClN4O4/c1-3-31(26(34)35)23-16-30(15-22(23)18-7-9-19(27)10-8-18)25(33)20-11-13-29(14-21(20)17(2)32)24-6-4-5-12-28-24/h4-10,12,17,20-23,32H,3,11,13-16H2,1-2H3,(H,34,35)/t17?,20?,21?,22-,23+/m0/s1. The lowest BCUT2D eigenvalue weighted by atomic mass is 9.81. The summed E-state index contributed by atoms with van der Waals surface area (Å²) in [5.41, 5.74) is 0.964. The molecule has 5 atom stereocenters. The van der Waals surface area contributed by atoms with Crippen molar-refractivity contribution in [2.45, 2.75) is 38.3 Å². The number of nitrogens with zero attached hydrogens (tertiary/aromatic N) is 4. The highest BCUT2D eigenvalue weighted by atomic mass is 35.5. The van der Waals surface area contributed by atoms with E-state index in [4.69, 9.17) is 11.6 Å². The third kappa shape index (κ3) is 5.38. The van der Waals surface area contributed by atoms with Crippen LogP contribution >= 0.6 is 11.6 Å². The van der Waals surface area contributed by atoms with Gasteiger partial charge in [0.2, 0.25) is 5.91 Å². The fraction of sp³-hybridized carbons (Fsp3) is 0.500. The SMILES string of the molecule is CCN(C(=O)O)[C@@H]1CN(C(=O)C2CCN(c3ccccn3)CC2C(C)O)C[C@H]1c1ccc(Cl)cc1. The number of aromatic nitrogens is 1. The van der Waals surface area contributed by atoms with Crippen molar-refractivity contribution >= 4 is 29.4 Å². The van der Waals surface area contributed by atoms with Gasteiger partial charge >= 0.3 is 6.09 Å². The van der Waals surface area contributed by atoms with Gasteiger partial charge in [-0.25, -0.2) is 9.78 Å². The highest BCUT2D eigenvalue weighted by Gasteiger charge is 2.45. The average molecular weight is 501 g/mol. The first-order chi connectivity index (χ1) is 16.8. The molecule has 188 valence electrons. The molecule has 0 spiro atoms. The summed E-state index contributed by atoms with van der Waals surface area (Å²) in [6.07, 6.45) is 0.699. The van der Waals surface area contributed by atoms with E-state index in [-0.39, 0.29) is 29.7 Å². The van der Waals surface area contributed by atoms with Gasteiger partial charge in [-0.15, -0.1) is 0 Å². The summed E-state index contributed by atoms with van der Waals surface area (Å²) in [5.74, 6) is 0.103. The van der Waals surface area contributed by atoms with Gasteiger partial charge in [0.05, 0.1) is 12.1 Å². The Bertz CT molecular complexity index is 1020. The van der Waals surface area contributed by atoms with Crippen LogP contribution in [0.3, 0.4) is 0 Å². The molecule has 2 fully saturated rings. The van der Waals surface area contributed by atoms with Crippen molar-refractivity contribution in [1.82, 2.24) is 14.8 Å². The summed E-state index contributed by atoms with van der Waals surface area (Å²) < 4.78 is 0. The second-order valence-electron chi connectivity index (χ2n) is 9.47. The number of likely N-dealkylation sites (tertiary alicyclic amines) is 1. The first-order valence-corrected chi connectivity index (χ1v) is 12.6. The Labute approximate surface area is 211 Å². The summed E-state index contributed by atoms with van der Waals surface area (Å²) in [4.78, 5) is 35.6. The lowest BCUT2D eigenvalue weighted by molar-refractivity contribution is -0.138. The van der Waals surface area contributed by atoms with Crippen LogP contribution in [0.4, 0.5) is 10.6 Å². The summed E-state index contributed by atoms with van der Waals surface area (Å²) in [7, 11) is 0. The van der Waals surface area contributed by atoms with Crippen LogP contribution in [0.2, 0.25) is 5.02 Å². The highest BCUT2D eigenvalue weighted by Crippen LogP contribution is 2.36. The van der Waals surface area contributed by atoms with Gasteiger partial charge in [0.15, 0.2) is 0 Å². The topological polar surface area (TPSA) is 97.2 Å². The quantitative estimate of drug-likeness (QED) is 0.629. The Kier molecular flexibility index (Phi) is 7.82. The molecule has 4 rings (SSSR count). The molecular weight excluding hydrogens is 468 g/mol. The van der Waals surface area contributed by atoms with Crippen LogP contribution < -0.4 is 4.90 Å². The molecule has 2 amide bonds. The maximum Gasteiger partial charge on any atom is 0.407 e. The van der Waals surface area contributed by atoms with Gasteiger partial charge in [-0.2, -0.15) is 0 Å². The molecule has 3 heterocycles. The molecule has 0 aliphatic carbocycles. The van der Waals surface area contributed by atoms with E-state index in [1.165, 1.54) is 4.90 Å². The molecule has 2 saturated heterocycles. The zero-order chi connectivity index (χ0) is 25.1. The zero-order valence-electron chi connectivity index (χ0n) is 20.1. The third-order valence-electron chi connectivity index (χ3n) is 7.45. The smallest absolute Gasteiger partial charge is 0.407 e. The normalized spacial score (nSPS) is 25.4. The van der Waals surface area contributed by atoms with E-state index < -0.39 is 12.2 Å². The van der Waals surface area contributed by atoms with Gasteiger partial charge in [-0.05, 0) is 50.1 Å². The van der Waals surface area contributed by atoms with Crippen molar-refractivity contribution in [3.8, 4) is 0 Å². The van der Waals surface area contributed by atoms with Gasteiger partial charge in [0, 0.05) is 61.7 Å². The first kappa shape index (κ1) is 25.3. The summed E-state index contributed by atoms with van der Waals surface area (Å²) in [5, 5.41) is 21.0. The van der Waals surface area contributed by atoms with Crippen molar-refractivity contribution in [3.05, 3.63) is 59.2 Å². The van der Waals surface area contributed by atoms with Gasteiger partial charge in [-0.3, -0.25) is 4.79 Å². The Morgan fingerprint density at radius 3 is 2.51 bits per heavy atom. The number of rotatable bonds is 6. The van der Waals surface area contributed by atoms with Crippen LogP contribution in [-0.4, -0.2) is 81.9 Å². The molecule has 2 N–H and O–H groups in total. The molecule has 8 nitrogen and oxygen atoms in total. The van der Waals surface area contributed by atoms with Crippen LogP contribution in [0.15, 0.2) is 48.7 Å². The number of aliphatic hydroxyl groups is 1. The number of piperidine rings is 1. The molecule has 2 aliphatic heterocycles. The molecule has 1 aromatic heterocycles. The minimum atomic E-state index is -0.990. The predicted octanol–water partition coefficient (Wildman–Crippen LogP) is 3.55. The molecule has 35 heavy (non-hydrogen) atoms. The monoisotopic (exact) mass is 500 g/mol. The second kappa shape index (κ2) is 10.8. The number of aliphatic hydroxyl groups excluding tert-OH is 1. The molecule has 1 aromatic carbocycles. The maximum absolute atomic E-state index is 13.8. The lowest BCUT2D eigenvalue weighted by Crippen LogP contribution is -2.51. The highest BCUT2D eigenvalue weighted by molar-refractivity contribution is 6.30. The Hall–Kier alpha value is -2.84. The predicted molar refractivity (Wildman–Crippen MR) is 135 cm³/mol. The van der Waals surface area contributed by atoms with E-state index in [0.29, 0.717) is 44.2 Å². The number of pyridine rings is 1. The van der Waals surface area contributed by atoms with Crippen LogP contribution in [0.1, 0.15) is 31.7 Å². The van der Waals surface area contributed by atoms with Crippen LogP contribution in [0.25, 0.3) is 0 Å². The van der Waals surface area contributed by atoms with Crippen molar-refractivity contribution in [2.75, 3.05) is 37.6 Å². The molecule has 2 aromatic rings. The van der Waals surface area contributed by atoms with E-state index in [0.717, 1.165) is 11.4 Å². The number of hydrogen-bond donors (Lipinski definition) is 2. The van der Waals surface area contributed by atoms with Gasteiger partial charge < -0.3 is 24.9 Å². The van der Waals surface area contributed by atoms with E-state index in [1.54, 1.807) is 30.2 Å². The Balaban J connectivity index is 1.55. The van der Waals surface area contributed by atoms with Gasteiger partial charge in [0.1, 0.15) is 5.82 Å². The fourth-order valence-electron chi connectivity index (χ4n) is 5.59. The first-order valence-electron chi connectivity index (χ1n) is 12.2. The van der Waals surface area contributed by atoms with Crippen LogP contribution in [0.5, 0.6) is 0 Å². The number of hydrogen-bond acceptors (Lipinski definition) is 5. The van der Waals surface area contributed by atoms with E-state index in [2.05, 4.69) is 9.88 Å². The average Bonchev–Trinajstić information content (AvgIpc) is 3.29. The number of benzene rings is 1. The largest absolute Gasteiger partial charge is 0.465 e. The fourth-order valence-corrected chi connectivity index (χ4v) is 5.72. The van der Waals surface area contributed by atoms with Crippen molar-refractivity contribution < 1.29 is 19.8 Å². The Morgan fingerprint density at radius 1 is 1.17 bits per heavy atom. The van der Waals surface area contributed by atoms with E-state index in [9.17, 15) is 19.8 Å². The van der Waals surface area contributed by atoms with Gasteiger partial charge in [-0.1, -0.05) is 29.8 Å². The summed E-state index contributed by atoms with van der Waals surface area (Å²) >= 11 is 6.08. The summed E-state index contributed by atoms with van der Waals surface area (Å²) in [6, 6.07) is 12.8. The number of carbonyl (C=O) groups is 2. The van der Waals surface area contributed by atoms with Crippen molar-refractivity contribution in [2.24, 2.45) is 11.8 Å².